The third-order valence-electron chi connectivity index (χ3n) is 6.94. The summed E-state index contributed by atoms with van der Waals surface area (Å²) in [5.74, 6) is 2.55. The molecule has 1 aromatic carbocycles. The van der Waals surface area contributed by atoms with Crippen molar-refractivity contribution in [3.05, 3.63) is 18.2 Å². The van der Waals surface area contributed by atoms with Gasteiger partial charge in [0.1, 0.15) is 17.4 Å². The average molecular weight is 534 g/mol. The highest BCUT2D eigenvalue weighted by Gasteiger charge is 2.45. The molecule has 1 aromatic heterocycles. The zero-order valence-corrected chi connectivity index (χ0v) is 23.1. The van der Waals surface area contributed by atoms with E-state index >= 15 is 0 Å². The molecule has 11 heteroatoms. The molecular weight excluding hydrogens is 498 g/mol. The van der Waals surface area contributed by atoms with Crippen molar-refractivity contribution >= 4 is 50.4 Å². The smallest absolute Gasteiger partial charge is 0.411 e. The fraction of sp³-hybridized carbons (Fsp3) is 0.640. The maximum Gasteiger partial charge on any atom is 0.411 e. The van der Waals surface area contributed by atoms with Gasteiger partial charge in [-0.1, -0.05) is 11.3 Å². The van der Waals surface area contributed by atoms with Gasteiger partial charge in [-0.25, -0.2) is 9.78 Å². The van der Waals surface area contributed by atoms with Crippen LogP contribution >= 0.6 is 23.1 Å². The van der Waals surface area contributed by atoms with Crippen molar-refractivity contribution in [2.75, 3.05) is 62.9 Å². The number of thiazole rings is 1. The van der Waals surface area contributed by atoms with Crippen molar-refractivity contribution < 1.29 is 19.1 Å². The number of hydrogen-bond donors (Lipinski definition) is 0. The van der Waals surface area contributed by atoms with E-state index in [1.54, 1.807) is 35.1 Å². The molecule has 2 atom stereocenters. The minimum absolute atomic E-state index is 0.0527. The van der Waals surface area contributed by atoms with E-state index in [0.717, 1.165) is 59.6 Å². The number of fused-ring (bicyclic) bond motifs is 1. The molecular formula is C25H35N5O4S2. The lowest BCUT2D eigenvalue weighted by atomic mass is 10.1. The first-order chi connectivity index (χ1) is 17.2. The van der Waals surface area contributed by atoms with Crippen LogP contribution in [-0.4, -0.2) is 107 Å². The van der Waals surface area contributed by atoms with Gasteiger partial charge < -0.3 is 19.3 Å². The van der Waals surface area contributed by atoms with Crippen molar-refractivity contribution in [2.45, 2.75) is 44.9 Å². The Hall–Kier alpha value is -2.24. The number of carbonyl (C=O) groups is 2. The Morgan fingerprint density at radius 1 is 1.11 bits per heavy atom. The second-order valence-corrected chi connectivity index (χ2v) is 12.6. The summed E-state index contributed by atoms with van der Waals surface area (Å²) in [5, 5.41) is 1.03. The first kappa shape index (κ1) is 25.4. The molecule has 0 radical (unpaired) electrons. The Morgan fingerprint density at radius 3 is 2.56 bits per heavy atom. The number of nitrogens with zero attached hydrogens (tertiary/aromatic N) is 5. The van der Waals surface area contributed by atoms with E-state index in [4.69, 9.17) is 14.5 Å². The predicted molar refractivity (Wildman–Crippen MR) is 144 cm³/mol. The minimum atomic E-state index is -0.598. The molecule has 3 aliphatic heterocycles. The number of aromatic nitrogens is 1. The Balaban J connectivity index is 1.25. The van der Waals surface area contributed by atoms with Gasteiger partial charge >= 0.3 is 6.09 Å². The van der Waals surface area contributed by atoms with E-state index in [0.29, 0.717) is 18.8 Å². The molecule has 0 aliphatic carbocycles. The second kappa shape index (κ2) is 10.3. The largest absolute Gasteiger partial charge is 0.497 e. The number of likely N-dealkylation sites (tertiary alicyclic amines) is 1. The van der Waals surface area contributed by atoms with Gasteiger partial charge in [-0.2, -0.15) is 0 Å². The molecule has 3 saturated heterocycles. The number of carbonyl (C=O) groups excluding carboxylic acids is 2. The van der Waals surface area contributed by atoms with Crippen LogP contribution in [0, 0.1) is 0 Å². The molecule has 9 nitrogen and oxygen atoms in total. The molecule has 5 rings (SSSR count). The van der Waals surface area contributed by atoms with Gasteiger partial charge in [-0.3, -0.25) is 14.6 Å². The van der Waals surface area contributed by atoms with E-state index in [2.05, 4.69) is 9.80 Å². The van der Waals surface area contributed by atoms with Crippen LogP contribution in [0.2, 0.25) is 0 Å². The van der Waals surface area contributed by atoms with Crippen molar-refractivity contribution in [3.63, 3.8) is 0 Å². The normalized spacial score (nSPS) is 23.5. The highest BCUT2D eigenvalue weighted by atomic mass is 32.2. The van der Waals surface area contributed by atoms with E-state index in [9.17, 15) is 9.59 Å². The van der Waals surface area contributed by atoms with Gasteiger partial charge in [-0.15, -0.1) is 11.8 Å². The molecule has 0 N–H and O–H groups in total. The molecule has 3 aliphatic rings. The maximum absolute atomic E-state index is 13.3. The number of thioether (sulfide) groups is 1. The molecule has 0 unspecified atom stereocenters. The minimum Gasteiger partial charge on any atom is -0.497 e. The molecule has 36 heavy (non-hydrogen) atoms. The summed E-state index contributed by atoms with van der Waals surface area (Å²) < 4.78 is 12.2. The van der Waals surface area contributed by atoms with E-state index in [-0.39, 0.29) is 11.9 Å². The van der Waals surface area contributed by atoms with E-state index < -0.39 is 17.7 Å². The molecule has 0 spiro atoms. The van der Waals surface area contributed by atoms with Crippen LogP contribution in [-0.2, 0) is 9.53 Å². The number of anilines is 1. The summed E-state index contributed by atoms with van der Waals surface area (Å²) in [5.41, 5.74) is 0.391. The van der Waals surface area contributed by atoms with Gasteiger partial charge in [0.25, 0.3) is 0 Å². The fourth-order valence-electron chi connectivity index (χ4n) is 5.07. The van der Waals surface area contributed by atoms with Crippen LogP contribution in [0.1, 0.15) is 27.2 Å². The quantitative estimate of drug-likeness (QED) is 0.592. The van der Waals surface area contributed by atoms with Gasteiger partial charge in [0.05, 0.1) is 23.2 Å². The SMILES string of the molecule is COc1ccc2nc(N3CCN([C@H]4C[C@@H](C(=O)N5CCSC5)N(C(=O)OC(C)(C)C)C4)CC3)sc2c1. The van der Waals surface area contributed by atoms with Gasteiger partial charge in [0.2, 0.25) is 5.91 Å². The summed E-state index contributed by atoms with van der Waals surface area (Å²) in [6, 6.07) is 5.67. The Bertz CT molecular complexity index is 1110. The number of amides is 2. The van der Waals surface area contributed by atoms with Crippen LogP contribution in [0.25, 0.3) is 10.2 Å². The number of methoxy groups -OCH3 is 1. The predicted octanol–water partition coefficient (Wildman–Crippen LogP) is 3.34. The maximum atomic E-state index is 13.3. The number of hydrogen-bond acceptors (Lipinski definition) is 9. The first-order valence-electron chi connectivity index (χ1n) is 12.5. The number of piperazine rings is 1. The van der Waals surface area contributed by atoms with Gasteiger partial charge in [0, 0.05) is 51.1 Å². The van der Waals surface area contributed by atoms with Crippen molar-refractivity contribution in [3.8, 4) is 5.75 Å². The molecule has 196 valence electrons. The van der Waals surface area contributed by atoms with Crippen molar-refractivity contribution in [2.24, 2.45) is 0 Å². The van der Waals surface area contributed by atoms with Gasteiger partial charge in [0.15, 0.2) is 5.13 Å². The summed E-state index contributed by atoms with van der Waals surface area (Å²) >= 11 is 3.45. The molecule has 4 heterocycles. The third kappa shape index (κ3) is 5.38. The lowest BCUT2D eigenvalue weighted by molar-refractivity contribution is -0.134. The molecule has 0 saturated carbocycles. The fourth-order valence-corrected chi connectivity index (χ4v) is 7.07. The van der Waals surface area contributed by atoms with Crippen molar-refractivity contribution in [1.29, 1.82) is 0 Å². The lowest BCUT2D eigenvalue weighted by Crippen LogP contribution is -2.51. The summed E-state index contributed by atoms with van der Waals surface area (Å²) in [7, 11) is 1.68. The monoisotopic (exact) mass is 533 g/mol. The zero-order chi connectivity index (χ0) is 25.4. The molecule has 2 aromatic rings. The first-order valence-corrected chi connectivity index (χ1v) is 14.5. The Kier molecular flexibility index (Phi) is 7.24. The topological polar surface area (TPSA) is 78.5 Å². The Labute approximate surface area is 220 Å². The van der Waals surface area contributed by atoms with Crippen molar-refractivity contribution in [1.82, 2.24) is 19.7 Å². The third-order valence-corrected chi connectivity index (χ3v) is 8.99. The standard InChI is InChI=1S/C25H35N5O4S2/c1-25(2,3)34-24(32)30-15-17(13-20(30)22(31)29-11-12-35-16-29)27-7-9-28(10-8-27)23-26-19-6-5-18(33-4)14-21(19)36-23/h5-6,14,17,20H,7-13,15-16H2,1-4H3/t17-,20-/m0/s1. The molecule has 0 bridgehead atoms. The highest BCUT2D eigenvalue weighted by Crippen LogP contribution is 2.33. The number of rotatable bonds is 4. The van der Waals surface area contributed by atoms with Crippen LogP contribution in [0.3, 0.4) is 0 Å². The highest BCUT2D eigenvalue weighted by molar-refractivity contribution is 7.99. The van der Waals surface area contributed by atoms with Crippen LogP contribution in [0.5, 0.6) is 5.75 Å². The number of benzene rings is 1. The lowest BCUT2D eigenvalue weighted by Gasteiger charge is -2.37. The van der Waals surface area contributed by atoms with Crippen LogP contribution < -0.4 is 9.64 Å². The number of ether oxygens (including phenoxy) is 2. The zero-order valence-electron chi connectivity index (χ0n) is 21.4. The summed E-state index contributed by atoms with van der Waals surface area (Å²) in [4.78, 5) is 39.6. The second-order valence-electron chi connectivity index (χ2n) is 10.5. The van der Waals surface area contributed by atoms with E-state index in [1.165, 1.54) is 0 Å². The molecule has 3 fully saturated rings. The van der Waals surface area contributed by atoms with Gasteiger partial charge in [-0.05, 0) is 45.4 Å². The average Bonchev–Trinajstić information content (AvgIpc) is 3.61. The summed E-state index contributed by atoms with van der Waals surface area (Å²) in [6.07, 6.45) is 0.263. The summed E-state index contributed by atoms with van der Waals surface area (Å²) in [6.45, 7) is 10.3. The molecule has 2 amide bonds. The van der Waals surface area contributed by atoms with Crippen LogP contribution in [0.4, 0.5) is 9.93 Å². The Morgan fingerprint density at radius 2 is 1.89 bits per heavy atom. The van der Waals surface area contributed by atoms with E-state index in [1.807, 2.05) is 43.9 Å². The van der Waals surface area contributed by atoms with Crippen LogP contribution in [0.15, 0.2) is 18.2 Å².